The van der Waals surface area contributed by atoms with Crippen molar-refractivity contribution in [1.29, 1.82) is 5.26 Å². The van der Waals surface area contributed by atoms with E-state index in [-0.39, 0.29) is 4.90 Å². The smallest absolute Gasteiger partial charge is 0.242 e. The molecule has 0 radical (unpaired) electrons. The summed E-state index contributed by atoms with van der Waals surface area (Å²) in [6.07, 6.45) is 4.62. The molecule has 1 aromatic carbocycles. The van der Waals surface area contributed by atoms with E-state index >= 15 is 0 Å². The van der Waals surface area contributed by atoms with Gasteiger partial charge in [-0.15, -0.1) is 0 Å². The second-order valence-electron chi connectivity index (χ2n) is 6.33. The Morgan fingerprint density at radius 3 is 2.91 bits per heavy atom. The van der Waals surface area contributed by atoms with Gasteiger partial charge in [0.15, 0.2) is 0 Å². The molecule has 0 unspecified atom stereocenters. The van der Waals surface area contributed by atoms with E-state index in [1.165, 1.54) is 0 Å². The minimum absolute atomic E-state index is 0.177. The van der Waals surface area contributed by atoms with Gasteiger partial charge in [-0.2, -0.15) is 9.98 Å². The largest absolute Gasteiger partial charge is 0.256 e. The van der Waals surface area contributed by atoms with Crippen LogP contribution in [0, 0.1) is 17.2 Å². The maximum Gasteiger partial charge on any atom is 0.242 e. The number of fused-ring (bicyclic) bond motifs is 1. The Hall–Kier alpha value is -1.97. The highest BCUT2D eigenvalue weighted by atomic mass is 32.2. The van der Waals surface area contributed by atoms with Gasteiger partial charge in [-0.1, -0.05) is 25.8 Å². The van der Waals surface area contributed by atoms with Crippen LogP contribution in [-0.2, 0) is 10.0 Å². The van der Waals surface area contributed by atoms with Gasteiger partial charge in [0.25, 0.3) is 0 Å². The lowest BCUT2D eigenvalue weighted by molar-refractivity contribution is 0.270. The number of hydrogen-bond donors (Lipinski definition) is 1. The first-order valence-corrected chi connectivity index (χ1v) is 9.23. The second-order valence-corrected chi connectivity index (χ2v) is 7.98. The zero-order valence-electron chi connectivity index (χ0n) is 13.0. The van der Waals surface area contributed by atoms with E-state index in [1.807, 2.05) is 0 Å². The lowest BCUT2D eigenvalue weighted by atomic mass is 9.78. The summed E-state index contributed by atoms with van der Waals surface area (Å²) in [4.78, 5) is 4.37. The second kappa shape index (κ2) is 5.91. The van der Waals surface area contributed by atoms with Crippen molar-refractivity contribution in [2.45, 2.75) is 43.0 Å². The number of nitrogens with zero attached hydrogens (tertiary/aromatic N) is 2. The minimum Gasteiger partial charge on any atom is -0.256 e. The topological polar surface area (TPSA) is 82.9 Å². The summed E-state index contributed by atoms with van der Waals surface area (Å²) in [6, 6.07) is 10.7. The van der Waals surface area contributed by atoms with Gasteiger partial charge in [-0.3, -0.25) is 4.98 Å². The molecule has 1 fully saturated rings. The predicted octanol–water partition coefficient (Wildman–Crippen LogP) is 2.99. The summed E-state index contributed by atoms with van der Waals surface area (Å²) in [5, 5.41) is 10.2. The summed E-state index contributed by atoms with van der Waals surface area (Å²) in [7, 11) is -3.79. The van der Waals surface area contributed by atoms with Crippen LogP contribution in [0.2, 0.25) is 0 Å². The molecule has 3 rings (SSSR count). The average molecular weight is 329 g/mol. The van der Waals surface area contributed by atoms with E-state index in [0.717, 1.165) is 12.8 Å². The van der Waals surface area contributed by atoms with Crippen molar-refractivity contribution in [3.05, 3.63) is 36.5 Å². The van der Waals surface area contributed by atoms with Gasteiger partial charge in [0.1, 0.15) is 5.54 Å². The van der Waals surface area contributed by atoms with Crippen LogP contribution in [0.25, 0.3) is 10.9 Å². The molecule has 120 valence electrons. The van der Waals surface area contributed by atoms with Crippen LogP contribution in [-0.4, -0.2) is 18.9 Å². The van der Waals surface area contributed by atoms with Gasteiger partial charge < -0.3 is 0 Å². The molecule has 0 saturated heterocycles. The van der Waals surface area contributed by atoms with Crippen molar-refractivity contribution in [2.75, 3.05) is 0 Å². The van der Waals surface area contributed by atoms with E-state index in [4.69, 9.17) is 0 Å². The molecule has 2 atom stereocenters. The fraction of sp³-hybridized carbons (Fsp3) is 0.412. The Labute approximate surface area is 136 Å². The molecular formula is C17H19N3O2S. The van der Waals surface area contributed by atoms with Crippen molar-refractivity contribution in [2.24, 2.45) is 5.92 Å². The fourth-order valence-corrected chi connectivity index (χ4v) is 4.97. The van der Waals surface area contributed by atoms with Crippen LogP contribution >= 0.6 is 0 Å². The van der Waals surface area contributed by atoms with Gasteiger partial charge in [-0.25, -0.2) is 8.42 Å². The third kappa shape index (κ3) is 3.07. The van der Waals surface area contributed by atoms with E-state index in [2.05, 4.69) is 22.7 Å². The quantitative estimate of drug-likeness (QED) is 0.938. The SMILES string of the molecule is C[C@H]1CCC[C@@](C#N)(NS(=O)(=O)c2cccc3ncccc23)C1. The molecule has 0 amide bonds. The molecule has 1 N–H and O–H groups in total. The monoisotopic (exact) mass is 329 g/mol. The number of sulfonamides is 1. The average Bonchev–Trinajstić information content (AvgIpc) is 2.54. The lowest BCUT2D eigenvalue weighted by Crippen LogP contribution is -2.50. The summed E-state index contributed by atoms with van der Waals surface area (Å²) >= 11 is 0. The number of aromatic nitrogens is 1. The highest BCUT2D eigenvalue weighted by molar-refractivity contribution is 7.89. The molecular weight excluding hydrogens is 310 g/mol. The van der Waals surface area contributed by atoms with E-state index in [1.54, 1.807) is 36.5 Å². The van der Waals surface area contributed by atoms with Gasteiger partial charge in [0.05, 0.1) is 16.5 Å². The number of nitrogens with one attached hydrogen (secondary N) is 1. The zero-order valence-corrected chi connectivity index (χ0v) is 13.8. The molecule has 23 heavy (non-hydrogen) atoms. The van der Waals surface area contributed by atoms with Crippen LogP contribution in [0.3, 0.4) is 0 Å². The molecule has 5 nitrogen and oxygen atoms in total. The van der Waals surface area contributed by atoms with Crippen LogP contribution in [0.5, 0.6) is 0 Å². The maximum absolute atomic E-state index is 12.9. The Morgan fingerprint density at radius 1 is 1.35 bits per heavy atom. The molecule has 1 aromatic heterocycles. The van der Waals surface area contributed by atoms with E-state index in [0.29, 0.717) is 29.7 Å². The third-order valence-electron chi connectivity index (χ3n) is 4.44. The van der Waals surface area contributed by atoms with E-state index < -0.39 is 15.6 Å². The van der Waals surface area contributed by atoms with Crippen molar-refractivity contribution in [1.82, 2.24) is 9.71 Å². The molecule has 0 aliphatic heterocycles. The zero-order chi connectivity index (χ0) is 16.5. The molecule has 1 aliphatic rings. The molecule has 1 aliphatic carbocycles. The van der Waals surface area contributed by atoms with Crippen molar-refractivity contribution in [3.8, 4) is 6.07 Å². The van der Waals surface area contributed by atoms with Gasteiger partial charge in [0.2, 0.25) is 10.0 Å². The minimum atomic E-state index is -3.79. The van der Waals surface area contributed by atoms with Crippen LogP contribution < -0.4 is 4.72 Å². The van der Waals surface area contributed by atoms with Gasteiger partial charge in [-0.05, 0) is 43.0 Å². The molecule has 0 spiro atoms. The summed E-state index contributed by atoms with van der Waals surface area (Å²) in [5.41, 5.74) is -0.390. The first kappa shape index (κ1) is 15.9. The molecule has 1 heterocycles. The molecule has 6 heteroatoms. The summed E-state index contributed by atoms with van der Waals surface area (Å²) in [5.74, 6) is 0.334. The Morgan fingerprint density at radius 2 is 2.17 bits per heavy atom. The number of rotatable bonds is 3. The number of pyridine rings is 1. The first-order valence-electron chi connectivity index (χ1n) is 7.75. The van der Waals surface area contributed by atoms with Gasteiger partial charge in [0, 0.05) is 11.6 Å². The summed E-state index contributed by atoms with van der Waals surface area (Å²) < 4.78 is 28.5. The lowest BCUT2D eigenvalue weighted by Gasteiger charge is -2.34. The van der Waals surface area contributed by atoms with Crippen LogP contribution in [0.15, 0.2) is 41.4 Å². The predicted molar refractivity (Wildman–Crippen MR) is 88.0 cm³/mol. The van der Waals surface area contributed by atoms with Crippen LogP contribution in [0.1, 0.15) is 32.6 Å². The Kier molecular flexibility index (Phi) is 4.09. The molecule has 0 bridgehead atoms. The fourth-order valence-electron chi connectivity index (χ4n) is 3.39. The summed E-state index contributed by atoms with van der Waals surface area (Å²) in [6.45, 7) is 2.06. The number of nitriles is 1. The Bertz CT molecular complexity index is 868. The highest BCUT2D eigenvalue weighted by Crippen LogP contribution is 2.33. The van der Waals surface area contributed by atoms with Crippen molar-refractivity contribution in [3.63, 3.8) is 0 Å². The van der Waals surface area contributed by atoms with Crippen molar-refractivity contribution < 1.29 is 8.42 Å². The normalized spacial score (nSPS) is 25.1. The molecule has 2 aromatic rings. The van der Waals surface area contributed by atoms with E-state index in [9.17, 15) is 13.7 Å². The third-order valence-corrected chi connectivity index (χ3v) is 6.03. The maximum atomic E-state index is 12.9. The van der Waals surface area contributed by atoms with Crippen molar-refractivity contribution >= 4 is 20.9 Å². The number of hydrogen-bond acceptors (Lipinski definition) is 4. The first-order chi connectivity index (χ1) is 11.0. The standard InChI is InChI=1S/C17H19N3O2S/c1-13-5-3-9-17(11-13,12-18)20-23(21,22)16-8-2-7-15-14(16)6-4-10-19-15/h2,4,6-8,10,13,20H,3,5,9,11H2,1H3/t13-,17+/m0/s1. The number of benzene rings is 1. The van der Waals surface area contributed by atoms with Crippen LogP contribution in [0.4, 0.5) is 0 Å². The van der Waals surface area contributed by atoms with Gasteiger partial charge >= 0.3 is 0 Å². The Balaban J connectivity index is 2.03. The molecule has 1 saturated carbocycles. The highest BCUT2D eigenvalue weighted by Gasteiger charge is 2.39.